The van der Waals surface area contributed by atoms with Crippen LogP contribution in [0.25, 0.3) is 0 Å². The molecule has 4 rings (SSSR count). The van der Waals surface area contributed by atoms with Crippen molar-refractivity contribution in [1.29, 1.82) is 0 Å². The molecule has 0 aliphatic heterocycles. The summed E-state index contributed by atoms with van der Waals surface area (Å²) < 4.78 is 11.2. The molecule has 0 atom stereocenters. The highest BCUT2D eigenvalue weighted by atomic mass is 16.5. The summed E-state index contributed by atoms with van der Waals surface area (Å²) in [7, 11) is 3.86. The number of unbranched alkanes of at least 4 members (excludes halogenated alkanes) is 1. The lowest BCUT2D eigenvalue weighted by Gasteiger charge is -2.24. The van der Waals surface area contributed by atoms with Crippen molar-refractivity contribution in [3.8, 4) is 30.1 Å². The van der Waals surface area contributed by atoms with Gasteiger partial charge in [-0.05, 0) is 106 Å². The smallest absolute Gasteiger partial charge is 0.120 e. The Kier molecular flexibility index (Phi) is 15.2. The van der Waals surface area contributed by atoms with Crippen LogP contribution in [0.4, 0.5) is 5.69 Å². The summed E-state index contributed by atoms with van der Waals surface area (Å²) in [6.07, 6.45) is 15.4. The highest BCUT2D eigenvalue weighted by molar-refractivity contribution is 5.51. The molecule has 1 aliphatic rings. The van der Waals surface area contributed by atoms with Crippen molar-refractivity contribution in [3.05, 3.63) is 83.4 Å². The quantitative estimate of drug-likeness (QED) is 0.242. The summed E-state index contributed by atoms with van der Waals surface area (Å²) in [6.45, 7) is 9.02. The van der Waals surface area contributed by atoms with E-state index in [4.69, 9.17) is 9.47 Å². The maximum atomic E-state index is 9.19. The molecule has 5 heteroatoms. The van der Waals surface area contributed by atoms with E-state index in [-0.39, 0.29) is 0 Å². The molecule has 3 aromatic carbocycles. The molecule has 0 heterocycles. The van der Waals surface area contributed by atoms with Crippen LogP contribution < -0.4 is 14.4 Å². The second kappa shape index (κ2) is 18.6. The van der Waals surface area contributed by atoms with Gasteiger partial charge in [0, 0.05) is 31.4 Å². The van der Waals surface area contributed by atoms with E-state index in [2.05, 4.69) is 79.9 Å². The number of hydrogen-bond acceptors (Lipinski definition) is 5. The second-order valence-corrected chi connectivity index (χ2v) is 10.0. The molecule has 0 amide bonds. The van der Waals surface area contributed by atoms with Crippen molar-refractivity contribution in [2.75, 3.05) is 45.3 Å². The summed E-state index contributed by atoms with van der Waals surface area (Å²) in [6, 6.07) is 22.4. The van der Waals surface area contributed by atoms with Crippen molar-refractivity contribution in [2.45, 2.75) is 58.9 Å². The number of anilines is 1. The Labute approximate surface area is 242 Å². The molecule has 0 saturated carbocycles. The Hall–Kier alpha value is -3.62. The third-order valence-corrected chi connectivity index (χ3v) is 7.06. The molecule has 5 nitrogen and oxygen atoms in total. The fraction of sp³-hybridized carbons (Fsp3) is 0.429. The number of nitrogens with zero attached hydrogens (tertiary/aromatic N) is 2. The first-order chi connectivity index (χ1) is 19.5. The average Bonchev–Trinajstić information content (AvgIpc) is 3.00. The van der Waals surface area contributed by atoms with Crippen LogP contribution in [0.5, 0.6) is 17.2 Å². The molecule has 216 valence electrons. The van der Waals surface area contributed by atoms with E-state index in [0.717, 1.165) is 50.7 Å². The second-order valence-electron chi connectivity index (χ2n) is 10.0. The van der Waals surface area contributed by atoms with E-state index in [0.29, 0.717) is 5.75 Å². The maximum Gasteiger partial charge on any atom is 0.120 e. The number of benzene rings is 3. The number of aromatic hydroxyl groups is 1. The van der Waals surface area contributed by atoms with E-state index in [9.17, 15) is 5.11 Å². The molecular formula is C35H48N2O3. The highest BCUT2D eigenvalue weighted by Gasteiger charge is 2.09. The van der Waals surface area contributed by atoms with Gasteiger partial charge in [-0.2, -0.15) is 0 Å². The summed E-state index contributed by atoms with van der Waals surface area (Å²) >= 11 is 0. The number of aryl methyl sites for hydroxylation is 2. The van der Waals surface area contributed by atoms with E-state index >= 15 is 0 Å². The van der Waals surface area contributed by atoms with Crippen LogP contribution >= 0.6 is 0 Å². The molecular weight excluding hydrogens is 496 g/mol. The predicted octanol–water partition coefficient (Wildman–Crippen LogP) is 7.35. The van der Waals surface area contributed by atoms with Gasteiger partial charge in [0.2, 0.25) is 0 Å². The third kappa shape index (κ3) is 11.2. The van der Waals surface area contributed by atoms with Gasteiger partial charge >= 0.3 is 0 Å². The number of methoxy groups -OCH3 is 1. The minimum atomic E-state index is 0.408. The van der Waals surface area contributed by atoms with Crippen LogP contribution in [0, 0.1) is 12.8 Å². The minimum absolute atomic E-state index is 0.408. The summed E-state index contributed by atoms with van der Waals surface area (Å²) in [5.41, 5.74) is 5.21. The van der Waals surface area contributed by atoms with Gasteiger partial charge in [0.25, 0.3) is 0 Å². The molecule has 0 fully saturated rings. The van der Waals surface area contributed by atoms with E-state index in [1.165, 1.54) is 54.5 Å². The van der Waals surface area contributed by atoms with Gasteiger partial charge in [-0.15, -0.1) is 12.8 Å². The molecule has 0 unspecified atom stereocenters. The Morgan fingerprint density at radius 3 is 2.25 bits per heavy atom. The summed E-state index contributed by atoms with van der Waals surface area (Å²) in [5.74, 6) is 2.23. The van der Waals surface area contributed by atoms with E-state index in [1.54, 1.807) is 13.2 Å². The number of phenols is 1. The van der Waals surface area contributed by atoms with Crippen LogP contribution in [0.2, 0.25) is 0 Å². The standard InChI is InChI=1S/C23H34N2O2.C10H12O.C2H2/c1-5-7-15-24(3)16-17-27-22-13-11-20(12-14-22)19-25(6-2)21-9-8-10-23(18-21)26-4;11-10-6-5-8-3-1-2-4-9(8)7-10;1-2/h8-14,18H,5-7,15-17,19H2,1-4H3;5-7,11H,1-4H2;1-2H. The van der Waals surface area contributed by atoms with Gasteiger partial charge in [0.05, 0.1) is 7.11 Å². The zero-order valence-corrected chi connectivity index (χ0v) is 24.9. The number of hydrogen-bond donors (Lipinski definition) is 1. The third-order valence-electron chi connectivity index (χ3n) is 7.06. The van der Waals surface area contributed by atoms with Gasteiger partial charge < -0.3 is 24.4 Å². The average molecular weight is 545 g/mol. The largest absolute Gasteiger partial charge is 0.508 e. The monoisotopic (exact) mass is 544 g/mol. The van der Waals surface area contributed by atoms with E-state index < -0.39 is 0 Å². The molecule has 0 radical (unpaired) electrons. The first-order valence-corrected chi connectivity index (χ1v) is 14.5. The lowest BCUT2D eigenvalue weighted by Crippen LogP contribution is -2.25. The van der Waals surface area contributed by atoms with Gasteiger partial charge in [-0.3, -0.25) is 0 Å². The molecule has 3 aromatic rings. The SMILES string of the molecule is C#C.CCCCN(C)CCOc1ccc(CN(CC)c2cccc(OC)c2)cc1.Oc1ccc2c(c1)CCCC2. The lowest BCUT2D eigenvalue weighted by atomic mass is 9.92. The molecule has 0 aromatic heterocycles. The number of likely N-dealkylation sites (N-methyl/N-ethyl adjacent to an activating group) is 1. The van der Waals surface area contributed by atoms with Crippen LogP contribution in [-0.4, -0.2) is 50.4 Å². The Bertz CT molecular complexity index is 1130. The maximum absolute atomic E-state index is 9.19. The Morgan fingerprint density at radius 2 is 1.57 bits per heavy atom. The van der Waals surface area contributed by atoms with Crippen molar-refractivity contribution in [1.82, 2.24) is 4.90 Å². The van der Waals surface area contributed by atoms with Crippen LogP contribution in [0.1, 0.15) is 56.2 Å². The summed E-state index contributed by atoms with van der Waals surface area (Å²) in [5, 5.41) is 9.19. The normalized spacial score (nSPS) is 11.8. The van der Waals surface area contributed by atoms with E-state index in [1.807, 2.05) is 24.3 Å². The van der Waals surface area contributed by atoms with Gasteiger partial charge in [0.1, 0.15) is 23.9 Å². The fourth-order valence-corrected chi connectivity index (χ4v) is 4.68. The van der Waals surface area contributed by atoms with Crippen LogP contribution in [-0.2, 0) is 19.4 Å². The zero-order chi connectivity index (χ0) is 29.2. The number of rotatable bonds is 12. The lowest BCUT2D eigenvalue weighted by molar-refractivity contribution is 0.235. The van der Waals surface area contributed by atoms with Crippen molar-refractivity contribution >= 4 is 5.69 Å². The number of phenolic OH excluding ortho intramolecular Hbond substituents is 1. The zero-order valence-electron chi connectivity index (χ0n) is 24.9. The number of fused-ring (bicyclic) bond motifs is 1. The first kappa shape index (κ1) is 32.6. The molecule has 0 saturated heterocycles. The van der Waals surface area contributed by atoms with Crippen LogP contribution in [0.3, 0.4) is 0 Å². The predicted molar refractivity (Wildman–Crippen MR) is 169 cm³/mol. The van der Waals surface area contributed by atoms with Crippen molar-refractivity contribution < 1.29 is 14.6 Å². The van der Waals surface area contributed by atoms with Gasteiger partial charge in [-0.1, -0.05) is 37.6 Å². The highest BCUT2D eigenvalue weighted by Crippen LogP contribution is 2.25. The Balaban J connectivity index is 0.000000355. The number of ether oxygens (including phenoxy) is 2. The van der Waals surface area contributed by atoms with Gasteiger partial charge in [0.15, 0.2) is 0 Å². The number of terminal acetylenes is 1. The fourth-order valence-electron chi connectivity index (χ4n) is 4.68. The molecule has 0 spiro atoms. The molecule has 40 heavy (non-hydrogen) atoms. The first-order valence-electron chi connectivity index (χ1n) is 14.5. The molecule has 1 aliphatic carbocycles. The topological polar surface area (TPSA) is 45.2 Å². The Morgan fingerprint density at radius 1 is 0.850 bits per heavy atom. The van der Waals surface area contributed by atoms with Crippen LogP contribution in [0.15, 0.2) is 66.7 Å². The summed E-state index contributed by atoms with van der Waals surface area (Å²) in [4.78, 5) is 4.66. The molecule has 0 bridgehead atoms. The minimum Gasteiger partial charge on any atom is -0.508 e. The van der Waals surface area contributed by atoms with Crippen molar-refractivity contribution in [3.63, 3.8) is 0 Å². The van der Waals surface area contributed by atoms with Gasteiger partial charge in [-0.25, -0.2) is 0 Å². The van der Waals surface area contributed by atoms with Crippen molar-refractivity contribution in [2.24, 2.45) is 0 Å². The molecule has 1 N–H and O–H groups in total.